The van der Waals surface area contributed by atoms with E-state index < -0.39 is 10.0 Å². The number of nitrogens with one attached hydrogen (secondary N) is 2. The Hall–Kier alpha value is -1.11. The Morgan fingerprint density at radius 3 is 2.23 bits per heavy atom. The van der Waals surface area contributed by atoms with E-state index >= 15 is 0 Å². The molecule has 0 heterocycles. The second-order valence-corrected chi connectivity index (χ2v) is 8.04. The molecule has 0 aliphatic carbocycles. The van der Waals surface area contributed by atoms with E-state index in [0.29, 0.717) is 0 Å². The third kappa shape index (κ3) is 4.97. The van der Waals surface area contributed by atoms with Crippen LogP contribution in [0.4, 0.5) is 0 Å². The maximum absolute atomic E-state index is 12.3. The van der Waals surface area contributed by atoms with E-state index in [2.05, 4.69) is 10.0 Å². The Balaban J connectivity index is 3.12. The molecule has 0 spiro atoms. The van der Waals surface area contributed by atoms with E-state index in [1.807, 2.05) is 20.8 Å². The third-order valence-electron chi connectivity index (χ3n) is 3.24. The average Bonchev–Trinajstić information content (AvgIpc) is 2.36. The summed E-state index contributed by atoms with van der Waals surface area (Å²) in [6.45, 7) is 9.31. The summed E-state index contributed by atoms with van der Waals surface area (Å²) in [5, 5.41) is 3.04. The fourth-order valence-electron chi connectivity index (χ4n) is 1.68. The van der Waals surface area contributed by atoms with Crippen molar-refractivity contribution < 1.29 is 13.2 Å². The highest BCUT2D eigenvalue weighted by Gasteiger charge is 2.20. The molecular formula is C15H23ClN2O3S. The molecule has 1 rings (SSSR count). The lowest BCUT2D eigenvalue weighted by Crippen LogP contribution is -2.36. The molecule has 5 nitrogen and oxygen atoms in total. The second-order valence-electron chi connectivity index (χ2n) is 5.92. The van der Waals surface area contributed by atoms with Gasteiger partial charge in [-0.3, -0.25) is 4.79 Å². The lowest BCUT2D eigenvalue weighted by atomic mass is 10.1. The SMILES string of the molecule is CC(C)NS(=O)(=O)c1ccc(Cl)c(C(=O)NC(C)C(C)C)c1. The van der Waals surface area contributed by atoms with Gasteiger partial charge in [-0.2, -0.15) is 0 Å². The molecular weight excluding hydrogens is 324 g/mol. The Morgan fingerprint density at radius 1 is 1.14 bits per heavy atom. The van der Waals surface area contributed by atoms with Gasteiger partial charge in [-0.1, -0.05) is 25.4 Å². The number of carbonyl (C=O) groups is 1. The highest BCUT2D eigenvalue weighted by atomic mass is 35.5. The number of halogens is 1. The molecule has 1 amide bonds. The molecule has 0 bridgehead atoms. The van der Waals surface area contributed by atoms with Crippen molar-refractivity contribution in [2.24, 2.45) is 5.92 Å². The van der Waals surface area contributed by atoms with Gasteiger partial charge in [0.1, 0.15) is 0 Å². The van der Waals surface area contributed by atoms with E-state index in [1.165, 1.54) is 18.2 Å². The van der Waals surface area contributed by atoms with Crippen LogP contribution in [0.3, 0.4) is 0 Å². The summed E-state index contributed by atoms with van der Waals surface area (Å²) in [7, 11) is -3.67. The Morgan fingerprint density at radius 2 is 1.73 bits per heavy atom. The quantitative estimate of drug-likeness (QED) is 0.831. The number of hydrogen-bond donors (Lipinski definition) is 2. The summed E-state index contributed by atoms with van der Waals surface area (Å²) in [5.41, 5.74) is 0.154. The molecule has 0 radical (unpaired) electrons. The van der Waals surface area contributed by atoms with Gasteiger partial charge in [0.2, 0.25) is 10.0 Å². The van der Waals surface area contributed by atoms with Crippen LogP contribution >= 0.6 is 11.6 Å². The summed E-state index contributed by atoms with van der Waals surface area (Å²) in [4.78, 5) is 12.3. The van der Waals surface area contributed by atoms with Crippen LogP contribution in [0.2, 0.25) is 5.02 Å². The van der Waals surface area contributed by atoms with Crippen LogP contribution in [0.1, 0.15) is 45.0 Å². The molecule has 0 aromatic heterocycles. The summed E-state index contributed by atoms with van der Waals surface area (Å²) in [6.07, 6.45) is 0. The molecule has 0 aliphatic rings. The van der Waals surface area contributed by atoms with Crippen molar-refractivity contribution in [2.75, 3.05) is 0 Å². The second kappa shape index (κ2) is 7.44. The molecule has 22 heavy (non-hydrogen) atoms. The first-order chi connectivity index (χ1) is 10.0. The number of carbonyl (C=O) groups excluding carboxylic acids is 1. The standard InChI is InChI=1S/C15H23ClN2O3S/c1-9(2)11(5)17-15(19)13-8-12(6-7-14(13)16)22(20,21)18-10(3)4/h6-11,18H,1-5H3,(H,17,19). The molecule has 7 heteroatoms. The Kier molecular flexibility index (Phi) is 6.40. The first-order valence-electron chi connectivity index (χ1n) is 7.17. The minimum absolute atomic E-state index is 0.0213. The van der Waals surface area contributed by atoms with Gasteiger partial charge in [-0.05, 0) is 44.9 Å². The Bertz CT molecular complexity index is 642. The number of amides is 1. The third-order valence-corrected chi connectivity index (χ3v) is 5.23. The molecule has 2 N–H and O–H groups in total. The first kappa shape index (κ1) is 18.9. The fraction of sp³-hybridized carbons (Fsp3) is 0.533. The Labute approximate surface area is 137 Å². The fourth-order valence-corrected chi connectivity index (χ4v) is 3.16. The molecule has 1 aromatic rings. The van der Waals surface area contributed by atoms with Crippen LogP contribution in [-0.4, -0.2) is 26.4 Å². The van der Waals surface area contributed by atoms with Gasteiger partial charge in [0.15, 0.2) is 0 Å². The van der Waals surface area contributed by atoms with Crippen molar-refractivity contribution in [3.63, 3.8) is 0 Å². The number of rotatable bonds is 6. The van der Waals surface area contributed by atoms with Gasteiger partial charge in [0.05, 0.1) is 15.5 Å². The summed E-state index contributed by atoms with van der Waals surface area (Å²) in [6, 6.07) is 3.83. The van der Waals surface area contributed by atoms with Gasteiger partial charge >= 0.3 is 0 Å². The number of sulfonamides is 1. The topological polar surface area (TPSA) is 75.3 Å². The molecule has 124 valence electrons. The van der Waals surface area contributed by atoms with Crippen molar-refractivity contribution in [2.45, 2.75) is 51.6 Å². The van der Waals surface area contributed by atoms with Crippen molar-refractivity contribution in [3.8, 4) is 0 Å². The predicted molar refractivity (Wildman–Crippen MR) is 88.7 cm³/mol. The average molecular weight is 347 g/mol. The highest BCUT2D eigenvalue weighted by molar-refractivity contribution is 7.89. The number of benzene rings is 1. The lowest BCUT2D eigenvalue weighted by molar-refractivity contribution is 0.0930. The van der Waals surface area contributed by atoms with E-state index in [9.17, 15) is 13.2 Å². The van der Waals surface area contributed by atoms with Gasteiger partial charge in [0.25, 0.3) is 5.91 Å². The van der Waals surface area contributed by atoms with Gasteiger partial charge in [-0.25, -0.2) is 13.1 Å². The van der Waals surface area contributed by atoms with Crippen LogP contribution < -0.4 is 10.0 Å². The molecule has 1 unspecified atom stereocenters. The lowest BCUT2D eigenvalue weighted by Gasteiger charge is -2.18. The van der Waals surface area contributed by atoms with Crippen LogP contribution in [-0.2, 0) is 10.0 Å². The molecule has 0 saturated carbocycles. The maximum Gasteiger partial charge on any atom is 0.253 e. The van der Waals surface area contributed by atoms with Crippen molar-refractivity contribution >= 4 is 27.5 Å². The van der Waals surface area contributed by atoms with Crippen molar-refractivity contribution in [1.29, 1.82) is 0 Å². The molecule has 0 aliphatic heterocycles. The largest absolute Gasteiger partial charge is 0.349 e. The first-order valence-corrected chi connectivity index (χ1v) is 9.03. The van der Waals surface area contributed by atoms with Crippen LogP contribution in [0.15, 0.2) is 23.1 Å². The van der Waals surface area contributed by atoms with Crippen LogP contribution in [0.25, 0.3) is 0 Å². The van der Waals surface area contributed by atoms with Gasteiger partial charge in [-0.15, -0.1) is 0 Å². The monoisotopic (exact) mass is 346 g/mol. The smallest absolute Gasteiger partial charge is 0.253 e. The van der Waals surface area contributed by atoms with Crippen LogP contribution in [0, 0.1) is 5.92 Å². The highest BCUT2D eigenvalue weighted by Crippen LogP contribution is 2.21. The predicted octanol–water partition coefficient (Wildman–Crippen LogP) is 2.80. The van der Waals surface area contributed by atoms with E-state index in [-0.39, 0.29) is 39.4 Å². The molecule has 1 atom stereocenters. The normalized spacial score (nSPS) is 13.5. The van der Waals surface area contributed by atoms with Crippen LogP contribution in [0.5, 0.6) is 0 Å². The van der Waals surface area contributed by atoms with Gasteiger partial charge in [0, 0.05) is 12.1 Å². The van der Waals surface area contributed by atoms with E-state index in [4.69, 9.17) is 11.6 Å². The zero-order chi connectivity index (χ0) is 17.1. The minimum atomic E-state index is -3.67. The van der Waals surface area contributed by atoms with Gasteiger partial charge < -0.3 is 5.32 Å². The zero-order valence-electron chi connectivity index (χ0n) is 13.5. The molecule has 0 fully saturated rings. The number of hydrogen-bond acceptors (Lipinski definition) is 3. The van der Waals surface area contributed by atoms with E-state index in [0.717, 1.165) is 0 Å². The maximum atomic E-state index is 12.3. The molecule has 1 aromatic carbocycles. The minimum Gasteiger partial charge on any atom is -0.349 e. The molecule has 0 saturated heterocycles. The zero-order valence-corrected chi connectivity index (χ0v) is 15.0. The summed E-state index contributed by atoms with van der Waals surface area (Å²) < 4.78 is 26.8. The summed E-state index contributed by atoms with van der Waals surface area (Å²) >= 11 is 6.03. The summed E-state index contributed by atoms with van der Waals surface area (Å²) in [5.74, 6) is -0.120. The van der Waals surface area contributed by atoms with E-state index in [1.54, 1.807) is 13.8 Å². The van der Waals surface area contributed by atoms with Crippen molar-refractivity contribution in [1.82, 2.24) is 10.0 Å². The van der Waals surface area contributed by atoms with Crippen molar-refractivity contribution in [3.05, 3.63) is 28.8 Å².